The molecule has 4 heterocycles. The number of carbonyl (C=O) groups excluding carboxylic acids is 2. The summed E-state index contributed by atoms with van der Waals surface area (Å²) in [5.74, 6) is -1.05. The third-order valence-electron chi connectivity index (χ3n) is 6.75. The van der Waals surface area contributed by atoms with E-state index in [4.69, 9.17) is 8.83 Å². The van der Waals surface area contributed by atoms with Crippen molar-refractivity contribution in [2.24, 2.45) is 13.0 Å². The van der Waals surface area contributed by atoms with E-state index in [1.165, 1.54) is 27.3 Å². The molecule has 0 bridgehead atoms. The second-order valence-corrected chi connectivity index (χ2v) is 10.8. The molecule has 2 aliphatic heterocycles. The van der Waals surface area contributed by atoms with E-state index >= 15 is 0 Å². The number of aryl methyl sites for hydroxylation is 1. The van der Waals surface area contributed by atoms with Gasteiger partial charge >= 0.3 is 5.76 Å². The molecule has 2 fully saturated rings. The highest BCUT2D eigenvalue weighted by molar-refractivity contribution is 7.89. The summed E-state index contributed by atoms with van der Waals surface area (Å²) in [4.78, 5) is 40.8. The number of benzene rings is 1. The zero-order chi connectivity index (χ0) is 24.7. The van der Waals surface area contributed by atoms with E-state index in [2.05, 4.69) is 0 Å². The highest BCUT2D eigenvalue weighted by Gasteiger charge is 2.36. The summed E-state index contributed by atoms with van der Waals surface area (Å²) in [5, 5.41) is 0. The lowest BCUT2D eigenvalue weighted by atomic mass is 9.97. The predicted molar refractivity (Wildman–Crippen MR) is 124 cm³/mol. The molecule has 11 nitrogen and oxygen atoms in total. The van der Waals surface area contributed by atoms with Crippen LogP contribution in [0.5, 0.6) is 0 Å². The molecule has 186 valence electrons. The van der Waals surface area contributed by atoms with Crippen molar-refractivity contribution in [2.75, 3.05) is 39.3 Å². The number of hydrogen-bond acceptors (Lipinski definition) is 7. The van der Waals surface area contributed by atoms with Crippen molar-refractivity contribution >= 4 is 32.9 Å². The van der Waals surface area contributed by atoms with Gasteiger partial charge in [-0.05, 0) is 37.1 Å². The molecule has 2 aromatic heterocycles. The lowest BCUT2D eigenvalue weighted by Crippen LogP contribution is -2.54. The number of carbonyl (C=O) groups is 2. The number of hydrogen-bond donors (Lipinski definition) is 0. The van der Waals surface area contributed by atoms with Crippen LogP contribution in [0.15, 0.2) is 55.1 Å². The Kier molecular flexibility index (Phi) is 6.01. The minimum absolute atomic E-state index is 0.0255. The molecule has 2 saturated heterocycles. The van der Waals surface area contributed by atoms with Crippen LogP contribution in [-0.4, -0.2) is 78.2 Å². The van der Waals surface area contributed by atoms with Gasteiger partial charge in [0.1, 0.15) is 0 Å². The summed E-state index contributed by atoms with van der Waals surface area (Å²) in [6.45, 7) is 1.96. The molecule has 1 atom stereocenters. The third kappa shape index (κ3) is 4.27. The van der Waals surface area contributed by atoms with Crippen molar-refractivity contribution in [1.82, 2.24) is 18.7 Å². The SMILES string of the molecule is Cn1c(=O)oc2cc(S(=O)(=O)N3CCC[C@@H](C(=O)N4CCN(C(=O)c5ccco5)CC4)C3)ccc21. The number of fused-ring (bicyclic) bond motifs is 1. The van der Waals surface area contributed by atoms with Gasteiger partial charge in [0.2, 0.25) is 15.9 Å². The maximum absolute atomic E-state index is 13.3. The monoisotopic (exact) mass is 502 g/mol. The largest absolute Gasteiger partial charge is 0.459 e. The summed E-state index contributed by atoms with van der Waals surface area (Å²) < 4.78 is 39.6. The summed E-state index contributed by atoms with van der Waals surface area (Å²) in [6, 6.07) is 7.62. The van der Waals surface area contributed by atoms with Crippen molar-refractivity contribution in [3.63, 3.8) is 0 Å². The molecule has 2 aliphatic rings. The number of furan rings is 1. The van der Waals surface area contributed by atoms with E-state index in [1.54, 1.807) is 35.0 Å². The summed E-state index contributed by atoms with van der Waals surface area (Å²) in [5.41, 5.74) is 0.704. The number of oxazole rings is 1. The van der Waals surface area contributed by atoms with E-state index in [0.717, 1.165) is 0 Å². The maximum atomic E-state index is 13.3. The van der Waals surface area contributed by atoms with Gasteiger partial charge in [0, 0.05) is 52.4 Å². The zero-order valence-electron chi connectivity index (χ0n) is 19.3. The standard InChI is InChI=1S/C23H26N4O7S/c1-24-18-7-6-17(14-20(18)34-23(24)30)35(31,32)27-8-2-4-16(15-27)21(28)25-9-11-26(12-10-25)22(29)19-5-3-13-33-19/h3,5-7,13-14,16H,2,4,8-12,15H2,1H3/t16-/m1/s1. The van der Waals surface area contributed by atoms with Crippen LogP contribution in [-0.2, 0) is 21.9 Å². The Morgan fingerprint density at radius 1 is 1.03 bits per heavy atom. The molecule has 3 aromatic rings. The van der Waals surface area contributed by atoms with Gasteiger partial charge in [0.25, 0.3) is 5.91 Å². The summed E-state index contributed by atoms with van der Waals surface area (Å²) >= 11 is 0. The molecule has 0 unspecified atom stereocenters. The van der Waals surface area contributed by atoms with E-state index in [-0.39, 0.29) is 34.6 Å². The smallest absolute Gasteiger partial charge is 0.419 e. The van der Waals surface area contributed by atoms with Gasteiger partial charge in [-0.15, -0.1) is 0 Å². The molecule has 0 aliphatic carbocycles. The molecule has 5 rings (SSSR count). The van der Waals surface area contributed by atoms with Crippen molar-refractivity contribution < 1.29 is 26.8 Å². The van der Waals surface area contributed by atoms with Crippen molar-refractivity contribution in [1.29, 1.82) is 0 Å². The van der Waals surface area contributed by atoms with Crippen LogP contribution in [0, 0.1) is 5.92 Å². The molecule has 2 amide bonds. The number of piperidine rings is 1. The Bertz CT molecular complexity index is 1420. The quantitative estimate of drug-likeness (QED) is 0.523. The number of piperazine rings is 1. The molecule has 12 heteroatoms. The van der Waals surface area contributed by atoms with Crippen LogP contribution in [0.1, 0.15) is 23.4 Å². The fourth-order valence-electron chi connectivity index (χ4n) is 4.73. The first-order chi connectivity index (χ1) is 16.8. The molecular weight excluding hydrogens is 476 g/mol. The second-order valence-electron chi connectivity index (χ2n) is 8.85. The highest BCUT2D eigenvalue weighted by Crippen LogP contribution is 2.27. The van der Waals surface area contributed by atoms with Crippen molar-refractivity contribution in [3.05, 3.63) is 52.9 Å². The van der Waals surface area contributed by atoms with Crippen LogP contribution in [0.4, 0.5) is 0 Å². The lowest BCUT2D eigenvalue weighted by molar-refractivity contribution is -0.138. The first-order valence-corrected chi connectivity index (χ1v) is 12.9. The van der Waals surface area contributed by atoms with Crippen LogP contribution in [0.3, 0.4) is 0 Å². The number of rotatable bonds is 4. The lowest BCUT2D eigenvalue weighted by Gasteiger charge is -2.38. The van der Waals surface area contributed by atoms with Gasteiger partial charge in [0.05, 0.1) is 22.6 Å². The average molecular weight is 503 g/mol. The van der Waals surface area contributed by atoms with Crippen LogP contribution >= 0.6 is 0 Å². The first-order valence-electron chi connectivity index (χ1n) is 11.5. The Morgan fingerprint density at radius 2 is 1.77 bits per heavy atom. The predicted octanol–water partition coefficient (Wildman–Crippen LogP) is 1.11. The minimum atomic E-state index is -3.87. The fourth-order valence-corrected chi connectivity index (χ4v) is 6.27. The zero-order valence-corrected chi connectivity index (χ0v) is 20.1. The second kappa shape index (κ2) is 9.00. The molecule has 0 spiro atoms. The van der Waals surface area contributed by atoms with Crippen LogP contribution in [0.2, 0.25) is 0 Å². The molecule has 0 N–H and O–H groups in total. The first kappa shape index (κ1) is 23.4. The van der Waals surface area contributed by atoms with E-state index < -0.39 is 21.7 Å². The van der Waals surface area contributed by atoms with Gasteiger partial charge in [0.15, 0.2) is 11.3 Å². The van der Waals surface area contributed by atoms with E-state index in [1.807, 2.05) is 0 Å². The Labute approximate surface area is 201 Å². The van der Waals surface area contributed by atoms with Gasteiger partial charge in [-0.2, -0.15) is 4.31 Å². The Morgan fingerprint density at radius 3 is 2.49 bits per heavy atom. The van der Waals surface area contributed by atoms with E-state index in [0.29, 0.717) is 51.1 Å². The minimum Gasteiger partial charge on any atom is -0.459 e. The summed E-state index contributed by atoms with van der Waals surface area (Å²) in [7, 11) is -2.32. The molecule has 1 aromatic carbocycles. The maximum Gasteiger partial charge on any atom is 0.419 e. The molecule has 0 radical (unpaired) electrons. The van der Waals surface area contributed by atoms with Gasteiger partial charge in [-0.3, -0.25) is 14.2 Å². The van der Waals surface area contributed by atoms with Gasteiger partial charge in [-0.1, -0.05) is 0 Å². The average Bonchev–Trinajstić information content (AvgIpc) is 3.51. The Hall–Kier alpha value is -3.38. The number of amides is 2. The van der Waals surface area contributed by atoms with Crippen LogP contribution in [0.25, 0.3) is 11.1 Å². The van der Waals surface area contributed by atoms with Crippen molar-refractivity contribution in [2.45, 2.75) is 17.7 Å². The van der Waals surface area contributed by atoms with Gasteiger partial charge < -0.3 is 18.6 Å². The number of aromatic nitrogens is 1. The molecular formula is C23H26N4O7S. The molecule has 35 heavy (non-hydrogen) atoms. The van der Waals surface area contributed by atoms with Gasteiger partial charge in [-0.25, -0.2) is 13.2 Å². The van der Waals surface area contributed by atoms with Crippen LogP contribution < -0.4 is 5.76 Å². The topological polar surface area (TPSA) is 126 Å². The van der Waals surface area contributed by atoms with E-state index in [9.17, 15) is 22.8 Å². The molecule has 0 saturated carbocycles. The fraction of sp³-hybridized carbons (Fsp3) is 0.435. The normalized spacial score (nSPS) is 19.9. The Balaban J connectivity index is 1.25. The number of nitrogens with zero attached hydrogens (tertiary/aromatic N) is 4. The van der Waals surface area contributed by atoms with Crippen molar-refractivity contribution in [3.8, 4) is 0 Å². The highest BCUT2D eigenvalue weighted by atomic mass is 32.2. The summed E-state index contributed by atoms with van der Waals surface area (Å²) in [6.07, 6.45) is 2.61. The number of sulfonamides is 1. The third-order valence-corrected chi connectivity index (χ3v) is 8.61.